The molecule has 15 heavy (non-hydrogen) atoms. The Morgan fingerprint density at radius 2 is 2.07 bits per heavy atom. The van der Waals surface area contributed by atoms with Crippen LogP contribution in [0.5, 0.6) is 0 Å². The summed E-state index contributed by atoms with van der Waals surface area (Å²) >= 11 is 0. The number of piperidine rings is 1. The van der Waals surface area contributed by atoms with E-state index in [0.717, 1.165) is 17.9 Å². The molecule has 0 radical (unpaired) electrons. The fourth-order valence-electron chi connectivity index (χ4n) is 2.72. The molecule has 0 aromatic heterocycles. The van der Waals surface area contributed by atoms with E-state index in [1.165, 1.54) is 51.9 Å². The quantitative estimate of drug-likeness (QED) is 0.764. The van der Waals surface area contributed by atoms with Crippen LogP contribution in [-0.2, 0) is 0 Å². The summed E-state index contributed by atoms with van der Waals surface area (Å²) < 4.78 is 0. The average Bonchev–Trinajstić information content (AvgIpc) is 2.16. The Kier molecular flexibility index (Phi) is 4.04. The maximum Gasteiger partial charge on any atom is 0.00792 e. The highest BCUT2D eigenvalue weighted by Crippen LogP contribution is 2.23. The third-order valence-electron chi connectivity index (χ3n) is 4.13. The van der Waals surface area contributed by atoms with Gasteiger partial charge in [-0.25, -0.2) is 0 Å². The first kappa shape index (κ1) is 11.4. The Labute approximate surface area is 94.4 Å². The zero-order valence-corrected chi connectivity index (χ0v) is 10.3. The number of nitrogens with one attached hydrogen (secondary N) is 1. The summed E-state index contributed by atoms with van der Waals surface area (Å²) in [6.45, 7) is 9.98. The minimum absolute atomic E-state index is 0.817. The van der Waals surface area contributed by atoms with E-state index in [9.17, 15) is 0 Å². The topological polar surface area (TPSA) is 15.3 Å². The van der Waals surface area contributed by atoms with Crippen LogP contribution in [-0.4, -0.2) is 37.1 Å². The molecule has 0 spiro atoms. The molecule has 0 aromatic rings. The van der Waals surface area contributed by atoms with E-state index in [0.29, 0.717) is 0 Å². The van der Waals surface area contributed by atoms with Crippen molar-refractivity contribution in [1.29, 1.82) is 0 Å². The van der Waals surface area contributed by atoms with Crippen LogP contribution >= 0.6 is 0 Å². The Bertz CT molecular complexity index is 179. The van der Waals surface area contributed by atoms with Crippen molar-refractivity contribution < 1.29 is 0 Å². The fraction of sp³-hybridized carbons (Fsp3) is 1.00. The molecular formula is C13H26N2. The fourth-order valence-corrected chi connectivity index (χ4v) is 2.72. The second-order valence-electron chi connectivity index (χ2n) is 5.70. The standard InChI is InChI=1S/C13H26N2/c1-11(2)12-9-15(10-12)8-6-13-5-3-4-7-14-13/h11-14H,3-10H2,1-2H3. The van der Waals surface area contributed by atoms with E-state index in [1.54, 1.807) is 0 Å². The van der Waals surface area contributed by atoms with Crippen molar-refractivity contribution in [3.63, 3.8) is 0 Å². The van der Waals surface area contributed by atoms with E-state index in [2.05, 4.69) is 24.1 Å². The molecule has 2 nitrogen and oxygen atoms in total. The summed E-state index contributed by atoms with van der Waals surface area (Å²) in [6.07, 6.45) is 5.59. The number of hydrogen-bond acceptors (Lipinski definition) is 2. The summed E-state index contributed by atoms with van der Waals surface area (Å²) in [6, 6.07) is 0.817. The van der Waals surface area contributed by atoms with Crippen molar-refractivity contribution in [2.45, 2.75) is 45.6 Å². The first-order valence-electron chi connectivity index (χ1n) is 6.71. The third kappa shape index (κ3) is 3.18. The molecule has 2 saturated heterocycles. The van der Waals surface area contributed by atoms with Crippen LogP contribution in [0.25, 0.3) is 0 Å². The zero-order chi connectivity index (χ0) is 10.7. The molecule has 2 aliphatic rings. The van der Waals surface area contributed by atoms with Crippen molar-refractivity contribution in [2.24, 2.45) is 11.8 Å². The summed E-state index contributed by atoms with van der Waals surface area (Å²) in [5, 5.41) is 3.63. The Hall–Kier alpha value is -0.0800. The lowest BCUT2D eigenvalue weighted by Gasteiger charge is -2.42. The van der Waals surface area contributed by atoms with Gasteiger partial charge < -0.3 is 10.2 Å². The Morgan fingerprint density at radius 1 is 1.27 bits per heavy atom. The highest BCUT2D eigenvalue weighted by molar-refractivity contribution is 4.83. The van der Waals surface area contributed by atoms with E-state index in [4.69, 9.17) is 0 Å². The zero-order valence-electron chi connectivity index (χ0n) is 10.3. The van der Waals surface area contributed by atoms with Gasteiger partial charge in [-0.2, -0.15) is 0 Å². The smallest absolute Gasteiger partial charge is 0.00792 e. The van der Waals surface area contributed by atoms with Gasteiger partial charge in [-0.1, -0.05) is 20.3 Å². The Balaban J connectivity index is 1.55. The van der Waals surface area contributed by atoms with E-state index < -0.39 is 0 Å². The van der Waals surface area contributed by atoms with Crippen LogP contribution in [0.4, 0.5) is 0 Å². The van der Waals surface area contributed by atoms with Crippen LogP contribution < -0.4 is 5.32 Å². The normalized spacial score (nSPS) is 29.4. The van der Waals surface area contributed by atoms with Crippen LogP contribution in [0, 0.1) is 11.8 Å². The van der Waals surface area contributed by atoms with Gasteiger partial charge in [0.2, 0.25) is 0 Å². The first-order chi connectivity index (χ1) is 7.25. The van der Waals surface area contributed by atoms with Gasteiger partial charge in [0.15, 0.2) is 0 Å². The SMILES string of the molecule is CC(C)C1CN(CCC2CCCCN2)C1. The summed E-state index contributed by atoms with van der Waals surface area (Å²) in [5.41, 5.74) is 0. The van der Waals surface area contributed by atoms with Gasteiger partial charge in [0.1, 0.15) is 0 Å². The molecule has 0 aliphatic carbocycles. The second kappa shape index (κ2) is 5.31. The average molecular weight is 210 g/mol. The van der Waals surface area contributed by atoms with Gasteiger partial charge in [0.25, 0.3) is 0 Å². The summed E-state index contributed by atoms with van der Waals surface area (Å²) in [5.74, 6) is 1.86. The predicted molar refractivity (Wildman–Crippen MR) is 65.0 cm³/mol. The molecular weight excluding hydrogens is 184 g/mol. The minimum atomic E-state index is 0.817. The molecule has 2 rings (SSSR count). The van der Waals surface area contributed by atoms with Crippen LogP contribution in [0.1, 0.15) is 39.5 Å². The van der Waals surface area contributed by atoms with Crippen molar-refractivity contribution >= 4 is 0 Å². The van der Waals surface area contributed by atoms with Gasteiger partial charge in [0.05, 0.1) is 0 Å². The number of nitrogens with zero attached hydrogens (tertiary/aromatic N) is 1. The lowest BCUT2D eigenvalue weighted by atomic mass is 9.88. The molecule has 2 heteroatoms. The van der Waals surface area contributed by atoms with E-state index in [-0.39, 0.29) is 0 Å². The van der Waals surface area contributed by atoms with Gasteiger partial charge in [-0.15, -0.1) is 0 Å². The lowest BCUT2D eigenvalue weighted by molar-refractivity contribution is 0.0638. The van der Waals surface area contributed by atoms with Crippen molar-refractivity contribution in [2.75, 3.05) is 26.2 Å². The van der Waals surface area contributed by atoms with E-state index in [1.807, 2.05) is 0 Å². The molecule has 2 aliphatic heterocycles. The second-order valence-corrected chi connectivity index (χ2v) is 5.70. The van der Waals surface area contributed by atoms with Gasteiger partial charge >= 0.3 is 0 Å². The highest BCUT2D eigenvalue weighted by atomic mass is 15.2. The molecule has 0 aromatic carbocycles. The summed E-state index contributed by atoms with van der Waals surface area (Å²) in [7, 11) is 0. The van der Waals surface area contributed by atoms with Crippen molar-refractivity contribution in [3.05, 3.63) is 0 Å². The van der Waals surface area contributed by atoms with Crippen LogP contribution in [0.3, 0.4) is 0 Å². The molecule has 1 unspecified atom stereocenters. The minimum Gasteiger partial charge on any atom is -0.314 e. The number of hydrogen-bond donors (Lipinski definition) is 1. The maximum atomic E-state index is 3.63. The molecule has 2 heterocycles. The van der Waals surface area contributed by atoms with E-state index >= 15 is 0 Å². The molecule has 0 amide bonds. The molecule has 0 bridgehead atoms. The predicted octanol–water partition coefficient (Wildman–Crippen LogP) is 2.11. The van der Waals surface area contributed by atoms with Gasteiger partial charge in [-0.05, 0) is 44.2 Å². The highest BCUT2D eigenvalue weighted by Gasteiger charge is 2.28. The molecule has 88 valence electrons. The summed E-state index contributed by atoms with van der Waals surface area (Å²) in [4.78, 5) is 2.63. The molecule has 2 fully saturated rings. The number of likely N-dealkylation sites (tertiary alicyclic amines) is 1. The van der Waals surface area contributed by atoms with Crippen molar-refractivity contribution in [1.82, 2.24) is 10.2 Å². The largest absolute Gasteiger partial charge is 0.314 e. The molecule has 0 saturated carbocycles. The van der Waals surface area contributed by atoms with Gasteiger partial charge in [-0.3, -0.25) is 0 Å². The molecule has 1 atom stereocenters. The maximum absolute atomic E-state index is 3.63. The van der Waals surface area contributed by atoms with Crippen LogP contribution in [0.15, 0.2) is 0 Å². The number of rotatable bonds is 4. The van der Waals surface area contributed by atoms with Crippen LogP contribution in [0.2, 0.25) is 0 Å². The van der Waals surface area contributed by atoms with Crippen molar-refractivity contribution in [3.8, 4) is 0 Å². The molecule has 1 N–H and O–H groups in total. The third-order valence-corrected chi connectivity index (χ3v) is 4.13. The Morgan fingerprint density at radius 3 is 2.67 bits per heavy atom. The lowest BCUT2D eigenvalue weighted by Crippen LogP contribution is -2.50. The monoisotopic (exact) mass is 210 g/mol. The first-order valence-corrected chi connectivity index (χ1v) is 6.71. The van der Waals surface area contributed by atoms with Gasteiger partial charge in [0, 0.05) is 19.1 Å².